The number of pyridine rings is 2. The third-order valence-electron chi connectivity index (χ3n) is 27.1. The highest BCUT2D eigenvalue weighted by molar-refractivity contribution is 6.37. The summed E-state index contributed by atoms with van der Waals surface area (Å²) in [7, 11) is 1.87. The van der Waals surface area contributed by atoms with Crippen LogP contribution in [0, 0.1) is 66.1 Å². The summed E-state index contributed by atoms with van der Waals surface area (Å²) in [6.07, 6.45) is 16.6. The van der Waals surface area contributed by atoms with Crippen molar-refractivity contribution in [2.75, 3.05) is 21.3 Å². The molecule has 0 amide bonds. The lowest BCUT2D eigenvalue weighted by Gasteiger charge is -2.37. The minimum Gasteiger partial charge on any atom is -0.437 e. The molecule has 0 saturated heterocycles. The summed E-state index contributed by atoms with van der Waals surface area (Å²) in [5, 5.41) is 60.0. The molecule has 11 aromatic carbocycles. The molecule has 21 aromatic rings. The van der Waals surface area contributed by atoms with Crippen LogP contribution in [0.1, 0.15) is 143 Å². The van der Waals surface area contributed by atoms with Crippen molar-refractivity contribution in [3.05, 3.63) is 349 Å². The van der Waals surface area contributed by atoms with E-state index < -0.39 is 0 Å². The number of ether oxygens (including phenoxy) is 4. The zero-order valence-electron chi connectivity index (χ0n) is 80.8. The SMILES string of the molecule is CC(=O)c1ccc(Oc2nc(Nc3ccc(C#N)cc3)nc3nc[nH]c23)c2cnccc12.CCn1cc(Cl)c2c(Oc3c(C)cc4c5c(cc(C)cc35)CC4)nc(Nc3ccc(C#N)cc3)nc21.Cc1cc2c3c(ccc(Oc4nc(Nc5ccc(C#N)cc5)nc5c4c(Cl)cn5Cc4ccccc4)c3c1)C(C)(C)C2(C)C.Cn1cc(Cl)c2c(Oc3ccc(C4CC4)c4cccnc34)nc(Nc3ccc(C#N)cc3)nc21. The summed E-state index contributed by atoms with van der Waals surface area (Å²) in [6.45, 7) is 20.5. The maximum atomic E-state index is 12.0. The zero-order valence-corrected chi connectivity index (χ0v) is 83.1. The van der Waals surface area contributed by atoms with Gasteiger partial charge >= 0.3 is 0 Å². The lowest BCUT2D eigenvalue weighted by molar-refractivity contribution is 0.101. The summed E-state index contributed by atoms with van der Waals surface area (Å²) in [5.41, 5.74) is 20.8. The predicted octanol–water partition coefficient (Wildman–Crippen LogP) is 27.9. The van der Waals surface area contributed by atoms with Gasteiger partial charge in [0.25, 0.3) is 5.88 Å². The van der Waals surface area contributed by atoms with Gasteiger partial charge in [0.05, 0.1) is 67.9 Å². The van der Waals surface area contributed by atoms with Gasteiger partial charge in [-0.2, -0.15) is 60.9 Å². The minimum atomic E-state index is -0.0451. The average Bonchev–Trinajstić information content (AvgIpc) is 1.54. The van der Waals surface area contributed by atoms with Gasteiger partial charge in [-0.15, -0.1) is 0 Å². The number of aryl methyl sites for hydroxylation is 7. The van der Waals surface area contributed by atoms with E-state index in [1.54, 1.807) is 116 Å². The van der Waals surface area contributed by atoms with Gasteiger partial charge in [-0.05, 0) is 278 Å². The number of carbonyl (C=O) groups is 1. The molecule has 1 fully saturated rings. The molecule has 31 heteroatoms. The number of fused-ring (bicyclic) bond motifs is 6. The van der Waals surface area contributed by atoms with Gasteiger partial charge in [0.2, 0.25) is 41.4 Å². The molecule has 0 unspecified atom stereocenters. The topological polar surface area (TPSA) is 370 Å². The number of halogens is 3. The van der Waals surface area contributed by atoms with Gasteiger partial charge in [-0.3, -0.25) is 14.8 Å². The molecule has 0 radical (unpaired) electrons. The molecule has 10 aromatic heterocycles. The quantitative estimate of drug-likeness (QED) is 0.0417. The third kappa shape index (κ3) is 18.3. The number of hydrogen-bond acceptors (Lipinski definition) is 24. The summed E-state index contributed by atoms with van der Waals surface area (Å²) in [5.74, 6) is 5.98. The number of nitriles is 4. The van der Waals surface area contributed by atoms with Crippen molar-refractivity contribution in [3.8, 4) is 70.8 Å². The highest BCUT2D eigenvalue weighted by Crippen LogP contribution is 2.57. The number of carbonyl (C=O) groups excluding carboxylic acids is 1. The molecule has 0 bridgehead atoms. The Labute approximate surface area is 853 Å². The molecule has 3 aliphatic rings. The molecule has 716 valence electrons. The molecule has 0 atom stereocenters. The normalized spacial score (nSPS) is 12.9. The summed E-state index contributed by atoms with van der Waals surface area (Å²) in [4.78, 5) is 65.5. The molecule has 1 saturated carbocycles. The summed E-state index contributed by atoms with van der Waals surface area (Å²) < 4.78 is 31.8. The van der Waals surface area contributed by atoms with Crippen LogP contribution < -0.4 is 40.2 Å². The van der Waals surface area contributed by atoms with E-state index in [-0.39, 0.29) is 28.4 Å². The number of ketones is 1. The van der Waals surface area contributed by atoms with Gasteiger partial charge in [0, 0.05) is 107 Å². The Kier molecular flexibility index (Phi) is 25.1. The smallest absolute Gasteiger partial charge is 0.250 e. The van der Waals surface area contributed by atoms with E-state index in [1.807, 2.05) is 94.7 Å². The molecular weight excluding hydrogens is 1890 g/mol. The van der Waals surface area contributed by atoms with E-state index in [0.29, 0.717) is 164 Å². The molecule has 0 spiro atoms. The number of benzene rings is 11. The van der Waals surface area contributed by atoms with E-state index in [1.165, 1.54) is 75.8 Å². The van der Waals surface area contributed by atoms with E-state index in [2.05, 4.69) is 201 Å². The van der Waals surface area contributed by atoms with E-state index in [9.17, 15) is 10.1 Å². The van der Waals surface area contributed by atoms with Crippen LogP contribution in [0.2, 0.25) is 15.1 Å². The largest absolute Gasteiger partial charge is 0.437 e. The fourth-order valence-corrected chi connectivity index (χ4v) is 20.0. The summed E-state index contributed by atoms with van der Waals surface area (Å²) in [6, 6.07) is 75.8. The Morgan fingerprint density at radius 1 is 0.466 bits per heavy atom. The van der Waals surface area contributed by atoms with Crippen molar-refractivity contribution in [3.63, 3.8) is 0 Å². The third-order valence-corrected chi connectivity index (χ3v) is 28.0. The molecule has 24 rings (SSSR count). The van der Waals surface area contributed by atoms with Crippen molar-refractivity contribution in [1.82, 2.24) is 73.5 Å². The number of aromatic amines is 1. The molecule has 146 heavy (non-hydrogen) atoms. The van der Waals surface area contributed by atoms with Crippen LogP contribution in [-0.4, -0.2) is 79.3 Å². The monoisotopic (exact) mass is 1980 g/mol. The van der Waals surface area contributed by atoms with Crippen LogP contribution in [0.3, 0.4) is 0 Å². The first-order valence-corrected chi connectivity index (χ1v) is 48.5. The number of rotatable bonds is 21. The Morgan fingerprint density at radius 2 is 0.966 bits per heavy atom. The van der Waals surface area contributed by atoms with E-state index in [0.717, 1.165) is 79.6 Å². The number of anilines is 8. The fraction of sp³-hybridized carbons (Fsp3) is 0.165. The maximum Gasteiger partial charge on any atom is 0.250 e. The Hall–Kier alpha value is -17.9. The van der Waals surface area contributed by atoms with Crippen molar-refractivity contribution in [2.24, 2.45) is 7.05 Å². The maximum absolute atomic E-state index is 12.0. The molecular formula is C115H90Cl3N23O5. The Morgan fingerprint density at radius 3 is 1.55 bits per heavy atom. The lowest BCUT2D eigenvalue weighted by atomic mass is 9.66. The number of imidazole rings is 1. The van der Waals surface area contributed by atoms with Crippen LogP contribution in [0.25, 0.3) is 87.5 Å². The van der Waals surface area contributed by atoms with Gasteiger partial charge in [-0.25, -0.2) is 4.98 Å². The van der Waals surface area contributed by atoms with Gasteiger partial charge in [0.15, 0.2) is 34.1 Å². The van der Waals surface area contributed by atoms with Crippen LogP contribution in [-0.2, 0) is 43.8 Å². The molecule has 10 heterocycles. The van der Waals surface area contributed by atoms with Crippen molar-refractivity contribution >= 4 is 175 Å². The molecule has 28 nitrogen and oxygen atoms in total. The van der Waals surface area contributed by atoms with E-state index in [4.69, 9.17) is 89.5 Å². The highest BCUT2D eigenvalue weighted by Gasteiger charge is 2.48. The van der Waals surface area contributed by atoms with Crippen molar-refractivity contribution in [2.45, 2.75) is 118 Å². The van der Waals surface area contributed by atoms with Gasteiger partial charge in [0.1, 0.15) is 44.4 Å². The number of hydrogen-bond donors (Lipinski definition) is 5. The first-order valence-electron chi connectivity index (χ1n) is 47.3. The van der Waals surface area contributed by atoms with Gasteiger partial charge < -0.3 is 58.9 Å². The number of nitrogens with one attached hydrogen (secondary N) is 5. The first kappa shape index (κ1) is 94.3. The van der Waals surface area contributed by atoms with E-state index >= 15 is 0 Å². The van der Waals surface area contributed by atoms with Crippen LogP contribution >= 0.6 is 34.8 Å². The second kappa shape index (κ2) is 38.8. The number of Topliss-reactive ketones (excluding diaryl/α,β-unsaturated/α-hetero) is 1. The minimum absolute atomic E-state index is 0.0420. The predicted molar refractivity (Wildman–Crippen MR) is 571 cm³/mol. The molecule has 0 aliphatic heterocycles. The van der Waals surface area contributed by atoms with Crippen LogP contribution in [0.15, 0.2) is 256 Å². The zero-order chi connectivity index (χ0) is 101. The standard InChI is InChI=1S/C37H32ClN5O.C29H24ClN5O.C26H19ClN6O.C23H15N7O2/c1-22-17-26-30(16-15-27-31(26)28(18-22)37(4,5)36(27,2)3)44-34-32-29(38)21-43(20-24-9-7-6-8-10-24)33(32)41-35(42-34)40-25-13-11-23(19-39)12-14-25;1-4-35-15-23(30)25-27(35)33-29(32-21-9-5-18(14-31)6-10-21)34-28(25)36-26-17(3)13-20-8-7-19-11-16(2)12-22(26)24(19)20;1-33-14-20(27)22-24(33)31-26(30-17-8-4-15(13-28)5-9-17)32-25(22)34-21-11-10-18(16-6-7-16)19-3-2-12-29-23(19)21;1-13(31)16-6-7-19(18-11-25-9-8-17(16)18)32-22-20-21(27-12-26-20)29-23(30-22)28-15-4-2-14(10-24)3-5-15/h6-18,21H,20H2,1-5H3,(H,40,41,42);5-6,9-13,15H,4,7-8H2,1-3H3,(H,32,33,34);2-5,8-12,14,16H,6-7H2,1H3,(H,30,31,32);2-9,11-12H,1H3,(H2,26,27,28,29,30). The number of aromatic nitrogens is 15. The van der Waals surface area contributed by atoms with Crippen molar-refractivity contribution < 1.29 is 23.7 Å². The van der Waals surface area contributed by atoms with Gasteiger partial charge in [-0.1, -0.05) is 140 Å². The molecule has 3 aliphatic carbocycles. The Balaban J connectivity index is 0.000000115. The fourth-order valence-electron chi connectivity index (χ4n) is 19.1. The number of H-pyrrole nitrogens is 1. The summed E-state index contributed by atoms with van der Waals surface area (Å²) >= 11 is 20.1. The number of nitrogens with zero attached hydrogens (tertiary/aromatic N) is 18. The Bertz CT molecular complexity index is 9020. The van der Waals surface area contributed by atoms with Crippen molar-refractivity contribution in [1.29, 1.82) is 21.0 Å². The second-order valence-electron chi connectivity index (χ2n) is 37.3. The lowest BCUT2D eigenvalue weighted by Crippen LogP contribution is -2.35. The average molecular weight is 1980 g/mol. The second-order valence-corrected chi connectivity index (χ2v) is 38.5. The van der Waals surface area contributed by atoms with Crippen LogP contribution in [0.5, 0.6) is 46.5 Å². The highest BCUT2D eigenvalue weighted by atomic mass is 35.5. The molecule has 5 N–H and O–H groups in total. The van der Waals surface area contributed by atoms with Crippen LogP contribution in [0.4, 0.5) is 46.5 Å². The first-order chi connectivity index (χ1) is 70.7.